The molecule has 0 saturated carbocycles. The first-order valence-electron chi connectivity index (χ1n) is 7.31. The highest BCUT2D eigenvalue weighted by Gasteiger charge is 2.47. The van der Waals surface area contributed by atoms with Crippen LogP contribution in [0.5, 0.6) is 0 Å². The molecule has 0 spiro atoms. The van der Waals surface area contributed by atoms with Gasteiger partial charge in [0.05, 0.1) is 6.10 Å². The van der Waals surface area contributed by atoms with Crippen molar-refractivity contribution in [2.45, 2.75) is 44.4 Å². The third-order valence-corrected chi connectivity index (χ3v) is 4.84. The van der Waals surface area contributed by atoms with Crippen LogP contribution >= 0.6 is 11.3 Å². The van der Waals surface area contributed by atoms with E-state index in [0.717, 1.165) is 12.8 Å². The van der Waals surface area contributed by atoms with E-state index in [1.54, 1.807) is 11.3 Å². The Hall–Kier alpha value is -1.40. The Bertz CT molecular complexity index is 516. The van der Waals surface area contributed by atoms with Gasteiger partial charge >= 0.3 is 6.09 Å². The SMILES string of the molecule is CC[C@@H](Cc1ccsc1)OC(=O)N1CCC2OCC(=O)C21. The zero-order chi connectivity index (χ0) is 14.8. The molecule has 0 bridgehead atoms. The number of ether oxygens (including phenoxy) is 2. The van der Waals surface area contributed by atoms with Crippen molar-refractivity contribution < 1.29 is 19.1 Å². The molecule has 0 aromatic carbocycles. The summed E-state index contributed by atoms with van der Waals surface area (Å²) in [5, 5.41) is 4.08. The van der Waals surface area contributed by atoms with E-state index >= 15 is 0 Å². The molecule has 6 heteroatoms. The summed E-state index contributed by atoms with van der Waals surface area (Å²) in [5.41, 5.74) is 1.18. The van der Waals surface area contributed by atoms with E-state index < -0.39 is 6.04 Å². The van der Waals surface area contributed by atoms with Crippen LogP contribution in [0.4, 0.5) is 4.79 Å². The lowest BCUT2D eigenvalue weighted by Crippen LogP contribution is -2.43. The highest BCUT2D eigenvalue weighted by Crippen LogP contribution is 2.28. The molecule has 0 radical (unpaired) electrons. The van der Waals surface area contributed by atoms with Gasteiger partial charge in [-0.2, -0.15) is 11.3 Å². The van der Waals surface area contributed by atoms with Crippen molar-refractivity contribution in [3.05, 3.63) is 22.4 Å². The first-order chi connectivity index (χ1) is 10.2. The van der Waals surface area contributed by atoms with Gasteiger partial charge in [-0.15, -0.1) is 0 Å². The maximum absolute atomic E-state index is 12.3. The van der Waals surface area contributed by atoms with Gasteiger partial charge in [0.1, 0.15) is 18.8 Å². The zero-order valence-corrected chi connectivity index (χ0v) is 12.8. The fourth-order valence-electron chi connectivity index (χ4n) is 2.95. The van der Waals surface area contributed by atoms with E-state index in [1.807, 2.05) is 18.4 Å². The molecule has 0 aliphatic carbocycles. The quantitative estimate of drug-likeness (QED) is 0.856. The van der Waals surface area contributed by atoms with Gasteiger partial charge in [0.25, 0.3) is 0 Å². The topological polar surface area (TPSA) is 55.8 Å². The average Bonchev–Trinajstić information content (AvgIpc) is 3.17. The number of amides is 1. The Balaban J connectivity index is 1.61. The second-order valence-corrected chi connectivity index (χ2v) is 6.27. The number of hydrogen-bond donors (Lipinski definition) is 0. The van der Waals surface area contributed by atoms with Gasteiger partial charge < -0.3 is 9.47 Å². The first kappa shape index (κ1) is 14.5. The summed E-state index contributed by atoms with van der Waals surface area (Å²) < 4.78 is 11.0. The minimum atomic E-state index is -0.434. The van der Waals surface area contributed by atoms with Crippen LogP contribution in [0.1, 0.15) is 25.3 Å². The fraction of sp³-hybridized carbons (Fsp3) is 0.600. The molecule has 2 fully saturated rings. The van der Waals surface area contributed by atoms with E-state index in [0.29, 0.717) is 13.0 Å². The van der Waals surface area contributed by atoms with Crippen LogP contribution in [0.3, 0.4) is 0 Å². The smallest absolute Gasteiger partial charge is 0.410 e. The number of thiophene rings is 1. The van der Waals surface area contributed by atoms with Crippen molar-refractivity contribution in [1.82, 2.24) is 4.90 Å². The zero-order valence-electron chi connectivity index (χ0n) is 12.0. The summed E-state index contributed by atoms with van der Waals surface area (Å²) in [6, 6.07) is 1.61. The molecule has 5 nitrogen and oxygen atoms in total. The van der Waals surface area contributed by atoms with Gasteiger partial charge in [0, 0.05) is 13.0 Å². The molecule has 2 saturated heterocycles. The largest absolute Gasteiger partial charge is 0.446 e. The molecule has 3 rings (SSSR count). The third-order valence-electron chi connectivity index (χ3n) is 4.11. The van der Waals surface area contributed by atoms with Crippen LogP contribution in [0, 0.1) is 0 Å². The summed E-state index contributed by atoms with van der Waals surface area (Å²) in [5.74, 6) is -0.0136. The Morgan fingerprint density at radius 3 is 3.19 bits per heavy atom. The van der Waals surface area contributed by atoms with Gasteiger partial charge in [-0.3, -0.25) is 9.69 Å². The Morgan fingerprint density at radius 1 is 1.62 bits per heavy atom. The lowest BCUT2D eigenvalue weighted by Gasteiger charge is -2.24. The molecule has 3 atom stereocenters. The molecule has 1 aromatic rings. The van der Waals surface area contributed by atoms with E-state index in [2.05, 4.69) is 5.38 Å². The number of nitrogens with zero attached hydrogens (tertiary/aromatic N) is 1. The van der Waals surface area contributed by atoms with Crippen LogP contribution in [0.25, 0.3) is 0 Å². The molecule has 2 aliphatic rings. The Morgan fingerprint density at radius 2 is 2.48 bits per heavy atom. The van der Waals surface area contributed by atoms with Crippen molar-refractivity contribution in [2.75, 3.05) is 13.2 Å². The molecule has 1 amide bonds. The summed E-state index contributed by atoms with van der Waals surface area (Å²) in [6.45, 7) is 2.65. The molecule has 3 heterocycles. The minimum Gasteiger partial charge on any atom is -0.446 e. The van der Waals surface area contributed by atoms with Gasteiger partial charge in [0.2, 0.25) is 0 Å². The van der Waals surface area contributed by atoms with Crippen LogP contribution < -0.4 is 0 Å². The van der Waals surface area contributed by atoms with Gasteiger partial charge in [-0.05, 0) is 35.2 Å². The van der Waals surface area contributed by atoms with E-state index in [9.17, 15) is 9.59 Å². The second kappa shape index (κ2) is 6.15. The lowest BCUT2D eigenvalue weighted by molar-refractivity contribution is -0.121. The number of carbonyl (C=O) groups excluding carboxylic acids is 2. The third kappa shape index (κ3) is 2.96. The van der Waals surface area contributed by atoms with Crippen LogP contribution in [-0.4, -0.2) is 48.2 Å². The van der Waals surface area contributed by atoms with Crippen molar-refractivity contribution in [3.63, 3.8) is 0 Å². The maximum Gasteiger partial charge on any atom is 0.410 e. The number of carbonyl (C=O) groups is 2. The van der Waals surface area contributed by atoms with E-state index in [1.165, 1.54) is 10.5 Å². The number of likely N-dealkylation sites (tertiary alicyclic amines) is 1. The number of hydrogen-bond acceptors (Lipinski definition) is 5. The van der Waals surface area contributed by atoms with Gasteiger partial charge in [0.15, 0.2) is 5.78 Å². The molecule has 2 aliphatic heterocycles. The van der Waals surface area contributed by atoms with Gasteiger partial charge in [-0.1, -0.05) is 6.92 Å². The molecule has 2 unspecified atom stereocenters. The summed E-state index contributed by atoms with van der Waals surface area (Å²) in [6.07, 6.45) is 1.52. The predicted molar refractivity (Wildman–Crippen MR) is 78.4 cm³/mol. The normalized spacial score (nSPS) is 26.0. The molecular weight excluding hydrogens is 290 g/mol. The monoisotopic (exact) mass is 309 g/mol. The van der Waals surface area contributed by atoms with Crippen molar-refractivity contribution >= 4 is 23.2 Å². The summed E-state index contributed by atoms with van der Waals surface area (Å²) in [4.78, 5) is 25.7. The molecule has 21 heavy (non-hydrogen) atoms. The molecule has 0 N–H and O–H groups in total. The number of fused-ring (bicyclic) bond motifs is 1. The Kier molecular flexibility index (Phi) is 4.26. The Labute approximate surface area is 127 Å². The van der Waals surface area contributed by atoms with Crippen molar-refractivity contribution in [1.29, 1.82) is 0 Å². The highest BCUT2D eigenvalue weighted by molar-refractivity contribution is 7.07. The first-order valence-corrected chi connectivity index (χ1v) is 8.26. The molecule has 1 aromatic heterocycles. The molecular formula is C15H19NO4S. The van der Waals surface area contributed by atoms with E-state index in [4.69, 9.17) is 9.47 Å². The maximum atomic E-state index is 12.3. The van der Waals surface area contributed by atoms with Crippen molar-refractivity contribution in [3.8, 4) is 0 Å². The molecule has 114 valence electrons. The van der Waals surface area contributed by atoms with Crippen LogP contribution in [0.15, 0.2) is 16.8 Å². The number of rotatable bonds is 4. The standard InChI is InChI=1S/C15H19NO4S/c1-2-11(7-10-4-6-21-9-10)20-15(18)16-5-3-13-14(16)12(17)8-19-13/h4,6,9,11,13-14H,2-3,5,7-8H2,1H3/t11-,13?,14?/m0/s1. The minimum absolute atomic E-state index is 0.0136. The number of Topliss-reactive ketones (excluding diaryl/α,β-unsaturated/α-hetero) is 1. The average molecular weight is 309 g/mol. The lowest BCUT2D eigenvalue weighted by atomic mass is 10.1. The van der Waals surface area contributed by atoms with Gasteiger partial charge in [-0.25, -0.2) is 4.79 Å². The van der Waals surface area contributed by atoms with E-state index in [-0.39, 0.29) is 30.7 Å². The van der Waals surface area contributed by atoms with Crippen LogP contribution in [-0.2, 0) is 20.7 Å². The summed E-state index contributed by atoms with van der Waals surface area (Å²) in [7, 11) is 0. The van der Waals surface area contributed by atoms with Crippen LogP contribution in [0.2, 0.25) is 0 Å². The summed E-state index contributed by atoms with van der Waals surface area (Å²) >= 11 is 1.64. The second-order valence-electron chi connectivity index (χ2n) is 5.49. The highest BCUT2D eigenvalue weighted by atomic mass is 32.1. The number of ketones is 1. The fourth-order valence-corrected chi connectivity index (χ4v) is 3.63. The van der Waals surface area contributed by atoms with Crippen molar-refractivity contribution in [2.24, 2.45) is 0 Å². The predicted octanol–water partition coefficient (Wildman–Crippen LogP) is 2.25.